The van der Waals surface area contributed by atoms with Crippen LogP contribution in [0, 0.1) is 5.92 Å². The van der Waals surface area contributed by atoms with E-state index < -0.39 is 18.6 Å². The molecule has 0 radical (unpaired) electrons. The third-order valence-electron chi connectivity index (χ3n) is 6.27. The first kappa shape index (κ1) is 24.1. The van der Waals surface area contributed by atoms with Crippen molar-refractivity contribution < 1.29 is 19.9 Å². The minimum Gasteiger partial charge on any atom is -0.480 e. The molecule has 0 aromatic rings. The zero-order chi connectivity index (χ0) is 21.4. The summed E-state index contributed by atoms with van der Waals surface area (Å²) in [7, 11) is -1.17. The molecule has 8 heteroatoms. The zero-order valence-electron chi connectivity index (χ0n) is 17.9. The summed E-state index contributed by atoms with van der Waals surface area (Å²) in [5.74, 6) is -0.731. The van der Waals surface area contributed by atoms with E-state index in [1.54, 1.807) is 0 Å². The van der Waals surface area contributed by atoms with Gasteiger partial charge in [0.2, 0.25) is 0 Å². The molecule has 1 heterocycles. The van der Waals surface area contributed by atoms with Gasteiger partial charge < -0.3 is 31.5 Å². The lowest BCUT2D eigenvalue weighted by molar-refractivity contribution is -0.148. The molecule has 0 amide bonds. The molecule has 29 heavy (non-hydrogen) atoms. The molecule has 0 bridgehead atoms. The summed E-state index contributed by atoms with van der Waals surface area (Å²) < 4.78 is 0. The van der Waals surface area contributed by atoms with Gasteiger partial charge in [-0.25, -0.2) is 0 Å². The SMILES string of the molecule is CB(O)O.CCCCC(N)(C(=O)O)C1CC(NCC2CC3=CCCC=C3CN2)C1. The van der Waals surface area contributed by atoms with Crippen LogP contribution in [0.25, 0.3) is 0 Å². The van der Waals surface area contributed by atoms with Crippen LogP contribution in [-0.2, 0) is 4.79 Å². The average Bonchev–Trinajstić information content (AvgIpc) is 2.64. The van der Waals surface area contributed by atoms with E-state index in [-0.39, 0.29) is 5.92 Å². The Balaban J connectivity index is 0.000000687. The lowest BCUT2D eigenvalue weighted by Crippen LogP contribution is -2.61. The number of rotatable bonds is 8. The van der Waals surface area contributed by atoms with Gasteiger partial charge >= 0.3 is 13.1 Å². The summed E-state index contributed by atoms with van der Waals surface area (Å²) >= 11 is 0. The molecule has 2 aliphatic carbocycles. The van der Waals surface area contributed by atoms with Crippen LogP contribution in [0.4, 0.5) is 0 Å². The second-order valence-electron chi connectivity index (χ2n) is 8.67. The highest BCUT2D eigenvalue weighted by Gasteiger charge is 2.48. The number of carbonyl (C=O) groups is 1. The van der Waals surface area contributed by atoms with Gasteiger partial charge in [0.05, 0.1) is 0 Å². The molecule has 1 saturated carbocycles. The highest BCUT2D eigenvalue weighted by atomic mass is 16.4. The van der Waals surface area contributed by atoms with Gasteiger partial charge in [0, 0.05) is 25.2 Å². The normalized spacial score (nSPS) is 27.8. The van der Waals surface area contributed by atoms with Gasteiger partial charge in [-0.15, -0.1) is 0 Å². The summed E-state index contributed by atoms with van der Waals surface area (Å²) in [6.07, 6.45) is 12.4. The molecule has 3 rings (SSSR count). The Kier molecular flexibility index (Phi) is 9.36. The number of aliphatic carboxylic acids is 1. The lowest BCUT2D eigenvalue weighted by Gasteiger charge is -2.45. The second kappa shape index (κ2) is 11.3. The predicted octanol–water partition coefficient (Wildman–Crippen LogP) is 1.42. The average molecular weight is 407 g/mol. The van der Waals surface area contributed by atoms with E-state index in [0.29, 0.717) is 18.5 Å². The molecule has 7 nitrogen and oxygen atoms in total. The Morgan fingerprint density at radius 3 is 2.52 bits per heavy atom. The largest absolute Gasteiger partial charge is 0.480 e. The molecule has 0 aromatic heterocycles. The van der Waals surface area contributed by atoms with Crippen molar-refractivity contribution in [1.82, 2.24) is 10.6 Å². The lowest BCUT2D eigenvalue weighted by atomic mass is 9.66. The van der Waals surface area contributed by atoms with Crippen molar-refractivity contribution in [2.75, 3.05) is 13.1 Å². The van der Waals surface area contributed by atoms with Crippen LogP contribution in [0.15, 0.2) is 23.3 Å². The molecular weight excluding hydrogens is 369 g/mol. The molecule has 164 valence electrons. The fourth-order valence-electron chi connectivity index (χ4n) is 4.38. The van der Waals surface area contributed by atoms with Gasteiger partial charge in [-0.3, -0.25) is 4.79 Å². The molecule has 2 unspecified atom stereocenters. The van der Waals surface area contributed by atoms with Gasteiger partial charge in [0.25, 0.3) is 0 Å². The predicted molar refractivity (Wildman–Crippen MR) is 116 cm³/mol. The Labute approximate surface area is 175 Å². The first-order valence-electron chi connectivity index (χ1n) is 11.0. The van der Waals surface area contributed by atoms with Crippen molar-refractivity contribution in [3.05, 3.63) is 23.3 Å². The van der Waals surface area contributed by atoms with Crippen LogP contribution in [-0.4, -0.2) is 59.0 Å². The number of hydrogen-bond acceptors (Lipinski definition) is 6. The topological polar surface area (TPSA) is 128 Å². The monoisotopic (exact) mass is 407 g/mol. The molecular formula is C21H38BN3O4. The minimum atomic E-state index is -1.17. The number of piperidine rings is 1. The standard InChI is InChI=1S/C20H33N3O2.CH5BO2/c1-2-3-8-20(21,19(24)25)16-10-17(11-16)23-13-18-9-14-6-4-5-7-15(14)12-22-18;1-2(3)4/h6-7,16-18,22-23H,2-5,8-13,21H2,1H3,(H,24,25);3-4H,1H3. The third kappa shape index (κ3) is 6.93. The molecule has 3 aliphatic rings. The molecule has 2 atom stereocenters. The third-order valence-corrected chi connectivity index (χ3v) is 6.27. The molecule has 0 spiro atoms. The summed E-state index contributed by atoms with van der Waals surface area (Å²) in [6, 6.07) is 0.885. The second-order valence-corrected chi connectivity index (χ2v) is 8.67. The van der Waals surface area contributed by atoms with Gasteiger partial charge in [-0.1, -0.05) is 31.9 Å². The van der Waals surface area contributed by atoms with Gasteiger partial charge in [0.15, 0.2) is 0 Å². The quantitative estimate of drug-likeness (QED) is 0.336. The summed E-state index contributed by atoms with van der Waals surface area (Å²) in [4.78, 5) is 11.6. The van der Waals surface area contributed by atoms with Crippen LogP contribution in [0.1, 0.15) is 58.3 Å². The molecule has 7 N–H and O–H groups in total. The van der Waals surface area contributed by atoms with E-state index in [2.05, 4.69) is 29.7 Å². The van der Waals surface area contributed by atoms with Crippen molar-refractivity contribution in [2.24, 2.45) is 11.7 Å². The minimum absolute atomic E-state index is 0.101. The number of fused-ring (bicyclic) bond motifs is 1. The maximum Gasteiger partial charge on any atom is 0.448 e. The molecule has 1 aliphatic heterocycles. The van der Waals surface area contributed by atoms with Crippen LogP contribution in [0.5, 0.6) is 0 Å². The van der Waals surface area contributed by atoms with Crippen molar-refractivity contribution in [2.45, 2.75) is 82.7 Å². The zero-order valence-corrected chi connectivity index (χ0v) is 17.9. The van der Waals surface area contributed by atoms with Gasteiger partial charge in [0.1, 0.15) is 5.54 Å². The van der Waals surface area contributed by atoms with Crippen LogP contribution >= 0.6 is 0 Å². The number of hydrogen-bond donors (Lipinski definition) is 6. The fraction of sp³-hybridized carbons (Fsp3) is 0.762. The maximum atomic E-state index is 11.6. The van der Waals surface area contributed by atoms with Crippen LogP contribution in [0.3, 0.4) is 0 Å². The highest BCUT2D eigenvalue weighted by Crippen LogP contribution is 2.38. The van der Waals surface area contributed by atoms with Crippen LogP contribution < -0.4 is 16.4 Å². The molecule has 1 saturated heterocycles. The number of carboxylic acid groups (broad SMARTS) is 1. The smallest absolute Gasteiger partial charge is 0.448 e. The first-order valence-corrected chi connectivity index (χ1v) is 11.0. The summed E-state index contributed by atoms with van der Waals surface area (Å²) in [5, 5.41) is 32.0. The Morgan fingerprint density at radius 1 is 1.31 bits per heavy atom. The number of allylic oxidation sites excluding steroid dienone is 2. The summed E-state index contributed by atoms with van der Waals surface area (Å²) in [6.45, 7) is 5.28. The maximum absolute atomic E-state index is 11.6. The number of nitrogens with two attached hydrogens (primary N) is 1. The fourth-order valence-corrected chi connectivity index (χ4v) is 4.38. The Morgan fingerprint density at radius 2 is 1.93 bits per heavy atom. The Hall–Kier alpha value is -1.19. The number of carboxylic acids is 1. The van der Waals surface area contributed by atoms with E-state index in [1.807, 2.05) is 0 Å². The first-order chi connectivity index (χ1) is 13.8. The van der Waals surface area contributed by atoms with Crippen LogP contribution in [0.2, 0.25) is 6.82 Å². The van der Waals surface area contributed by atoms with E-state index in [0.717, 1.165) is 45.2 Å². The van der Waals surface area contributed by atoms with Gasteiger partial charge in [-0.2, -0.15) is 0 Å². The number of nitrogens with one attached hydrogen (secondary N) is 2. The number of unbranched alkanes of at least 4 members (excludes halogenated alkanes) is 1. The highest BCUT2D eigenvalue weighted by molar-refractivity contribution is 6.38. The van der Waals surface area contributed by atoms with Gasteiger partial charge in [-0.05, 0) is 62.4 Å². The van der Waals surface area contributed by atoms with Crippen molar-refractivity contribution in [1.29, 1.82) is 0 Å². The van der Waals surface area contributed by atoms with Crippen molar-refractivity contribution >= 4 is 13.1 Å². The van der Waals surface area contributed by atoms with Crippen molar-refractivity contribution in [3.8, 4) is 0 Å². The van der Waals surface area contributed by atoms with E-state index in [1.165, 1.54) is 30.8 Å². The Bertz CT molecular complexity index is 602. The van der Waals surface area contributed by atoms with E-state index >= 15 is 0 Å². The molecule has 0 aromatic carbocycles. The molecule has 2 fully saturated rings. The summed E-state index contributed by atoms with van der Waals surface area (Å²) in [5.41, 5.74) is 8.22. The van der Waals surface area contributed by atoms with E-state index in [9.17, 15) is 9.90 Å². The van der Waals surface area contributed by atoms with E-state index in [4.69, 9.17) is 15.8 Å². The van der Waals surface area contributed by atoms with Crippen molar-refractivity contribution in [3.63, 3.8) is 0 Å².